The van der Waals surface area contributed by atoms with E-state index >= 15 is 0 Å². The third-order valence-electron chi connectivity index (χ3n) is 0.738. The lowest BCUT2D eigenvalue weighted by molar-refractivity contribution is -0.142. The topological polar surface area (TPSA) is 0 Å². The maximum atomic E-state index is 11.4. The Hall–Kier alpha value is -0.280. The highest BCUT2D eigenvalue weighted by atomic mass is 19.4. The van der Waals surface area contributed by atoms with Crippen LogP contribution in [0, 0.1) is 12.8 Å². The Kier molecular flexibility index (Phi) is 2.94. The van der Waals surface area contributed by atoms with Gasteiger partial charge in [0.1, 0.15) is 0 Å². The molecule has 0 amide bonds. The first-order chi connectivity index (χ1) is 3.95. The first kappa shape index (κ1) is 8.72. The second-order valence-electron chi connectivity index (χ2n) is 1.84. The van der Waals surface area contributed by atoms with E-state index in [-0.39, 0.29) is 0 Å². The Balaban J connectivity index is 3.47. The Morgan fingerprint density at radius 1 is 1.33 bits per heavy atom. The SMILES string of the molecule is [CH2]C(CF)CC(F)(F)F. The summed E-state index contributed by atoms with van der Waals surface area (Å²) < 4.78 is 45.2. The molecule has 1 atom stereocenters. The van der Waals surface area contributed by atoms with Gasteiger partial charge in [0, 0.05) is 6.42 Å². The maximum absolute atomic E-state index is 11.4. The van der Waals surface area contributed by atoms with Crippen molar-refractivity contribution in [2.24, 2.45) is 5.92 Å². The summed E-state index contributed by atoms with van der Waals surface area (Å²) in [7, 11) is 0. The fourth-order valence-corrected chi connectivity index (χ4v) is 0.382. The molecule has 0 saturated carbocycles. The Labute approximate surface area is 50.9 Å². The molecule has 0 nitrogen and oxygen atoms in total. The van der Waals surface area contributed by atoms with E-state index in [2.05, 4.69) is 6.92 Å². The number of hydrogen-bond donors (Lipinski definition) is 0. The van der Waals surface area contributed by atoms with Crippen molar-refractivity contribution < 1.29 is 17.6 Å². The lowest BCUT2D eigenvalue weighted by atomic mass is 10.1. The second-order valence-corrected chi connectivity index (χ2v) is 1.84. The minimum absolute atomic E-state index is 1.01. The molecule has 0 aliphatic rings. The fourth-order valence-electron chi connectivity index (χ4n) is 0.382. The molecule has 0 aromatic rings. The standard InChI is InChI=1S/C5H7F4/c1-4(3-6)2-5(7,8)9/h4H,1-3H2. The third-order valence-corrected chi connectivity index (χ3v) is 0.738. The van der Waals surface area contributed by atoms with Gasteiger partial charge in [0.15, 0.2) is 0 Å². The number of alkyl halides is 4. The molecular formula is C5H7F4. The summed E-state index contributed by atoms with van der Waals surface area (Å²) in [6.07, 6.45) is -5.41. The zero-order valence-corrected chi connectivity index (χ0v) is 4.71. The third kappa shape index (κ3) is 5.59. The van der Waals surface area contributed by atoms with Crippen molar-refractivity contribution in [3.05, 3.63) is 6.92 Å². The van der Waals surface area contributed by atoms with Gasteiger partial charge in [-0.05, 0) is 12.8 Å². The highest BCUT2D eigenvalue weighted by Crippen LogP contribution is 2.24. The Morgan fingerprint density at radius 3 is 1.89 bits per heavy atom. The van der Waals surface area contributed by atoms with Crippen LogP contribution in [0.4, 0.5) is 17.6 Å². The average Bonchev–Trinajstić information content (AvgIpc) is 1.62. The Morgan fingerprint density at radius 2 is 1.78 bits per heavy atom. The summed E-state index contributed by atoms with van der Waals surface area (Å²) in [5.74, 6) is -1.15. The van der Waals surface area contributed by atoms with Crippen molar-refractivity contribution in [2.75, 3.05) is 6.67 Å². The molecule has 0 bridgehead atoms. The predicted molar refractivity (Wildman–Crippen MR) is 25.5 cm³/mol. The van der Waals surface area contributed by atoms with Crippen LogP contribution in [0.5, 0.6) is 0 Å². The lowest BCUT2D eigenvalue weighted by Gasteiger charge is -2.08. The number of halogens is 4. The van der Waals surface area contributed by atoms with Crippen molar-refractivity contribution in [1.82, 2.24) is 0 Å². The van der Waals surface area contributed by atoms with Crippen LogP contribution in [-0.4, -0.2) is 12.9 Å². The molecule has 55 valence electrons. The van der Waals surface area contributed by atoms with Crippen molar-refractivity contribution >= 4 is 0 Å². The van der Waals surface area contributed by atoms with Gasteiger partial charge in [-0.3, -0.25) is 4.39 Å². The summed E-state index contributed by atoms with van der Waals surface area (Å²) >= 11 is 0. The molecule has 0 aliphatic carbocycles. The van der Waals surface area contributed by atoms with Crippen LogP contribution < -0.4 is 0 Å². The summed E-state index contributed by atoms with van der Waals surface area (Å²) in [4.78, 5) is 0. The monoisotopic (exact) mass is 143 g/mol. The van der Waals surface area contributed by atoms with Crippen molar-refractivity contribution in [2.45, 2.75) is 12.6 Å². The van der Waals surface area contributed by atoms with Gasteiger partial charge in [-0.2, -0.15) is 13.2 Å². The molecule has 1 radical (unpaired) electrons. The van der Waals surface area contributed by atoms with Gasteiger partial charge in [-0.15, -0.1) is 0 Å². The van der Waals surface area contributed by atoms with E-state index < -0.39 is 25.2 Å². The predicted octanol–water partition coefficient (Wildman–Crippen LogP) is 2.36. The Bertz CT molecular complexity index is 75.5. The first-order valence-corrected chi connectivity index (χ1v) is 2.41. The molecule has 0 heterocycles. The van der Waals surface area contributed by atoms with Crippen LogP contribution in [0.3, 0.4) is 0 Å². The molecule has 0 aromatic carbocycles. The molecule has 0 saturated heterocycles. The fraction of sp³-hybridized carbons (Fsp3) is 0.800. The van der Waals surface area contributed by atoms with Crippen LogP contribution in [0.15, 0.2) is 0 Å². The molecule has 0 aromatic heterocycles. The molecule has 0 fully saturated rings. The maximum Gasteiger partial charge on any atom is 0.389 e. The largest absolute Gasteiger partial charge is 0.389 e. The van der Waals surface area contributed by atoms with Crippen LogP contribution in [0.2, 0.25) is 0 Å². The normalized spacial score (nSPS) is 15.7. The van der Waals surface area contributed by atoms with Crippen molar-refractivity contribution in [1.29, 1.82) is 0 Å². The van der Waals surface area contributed by atoms with E-state index in [0.717, 1.165) is 0 Å². The quantitative estimate of drug-likeness (QED) is 0.520. The van der Waals surface area contributed by atoms with Gasteiger partial charge < -0.3 is 0 Å². The van der Waals surface area contributed by atoms with Gasteiger partial charge in [0.25, 0.3) is 0 Å². The highest BCUT2D eigenvalue weighted by Gasteiger charge is 2.29. The zero-order chi connectivity index (χ0) is 7.49. The van der Waals surface area contributed by atoms with Crippen LogP contribution >= 0.6 is 0 Å². The van der Waals surface area contributed by atoms with Gasteiger partial charge >= 0.3 is 6.18 Å². The molecule has 9 heavy (non-hydrogen) atoms. The first-order valence-electron chi connectivity index (χ1n) is 2.41. The molecule has 0 spiro atoms. The summed E-state index contributed by atoms with van der Waals surface area (Å²) in [6.45, 7) is 1.93. The molecular weight excluding hydrogens is 136 g/mol. The smallest absolute Gasteiger partial charge is 0.251 e. The number of hydrogen-bond acceptors (Lipinski definition) is 0. The summed E-state index contributed by atoms with van der Waals surface area (Å²) in [5.41, 5.74) is 0. The summed E-state index contributed by atoms with van der Waals surface area (Å²) in [5, 5.41) is 0. The zero-order valence-electron chi connectivity index (χ0n) is 4.71. The van der Waals surface area contributed by atoms with Gasteiger partial charge in [0.2, 0.25) is 0 Å². The summed E-state index contributed by atoms with van der Waals surface area (Å²) in [6, 6.07) is 0. The van der Waals surface area contributed by atoms with E-state index in [0.29, 0.717) is 0 Å². The average molecular weight is 143 g/mol. The van der Waals surface area contributed by atoms with E-state index in [4.69, 9.17) is 0 Å². The van der Waals surface area contributed by atoms with E-state index in [9.17, 15) is 17.6 Å². The van der Waals surface area contributed by atoms with E-state index in [1.54, 1.807) is 0 Å². The second kappa shape index (κ2) is 3.03. The molecule has 0 aliphatic heterocycles. The highest BCUT2D eigenvalue weighted by molar-refractivity contribution is 4.64. The minimum Gasteiger partial charge on any atom is -0.251 e. The van der Waals surface area contributed by atoms with Crippen LogP contribution in [0.25, 0.3) is 0 Å². The molecule has 4 heteroatoms. The van der Waals surface area contributed by atoms with Crippen LogP contribution in [-0.2, 0) is 0 Å². The minimum atomic E-state index is -4.28. The molecule has 1 unspecified atom stereocenters. The van der Waals surface area contributed by atoms with Crippen molar-refractivity contribution in [3.63, 3.8) is 0 Å². The van der Waals surface area contributed by atoms with Gasteiger partial charge in [-0.25, -0.2) is 0 Å². The molecule has 0 rings (SSSR count). The van der Waals surface area contributed by atoms with E-state index in [1.807, 2.05) is 0 Å². The number of rotatable bonds is 2. The molecule has 0 N–H and O–H groups in total. The van der Waals surface area contributed by atoms with Gasteiger partial charge in [-0.1, -0.05) is 0 Å². The van der Waals surface area contributed by atoms with E-state index in [1.165, 1.54) is 0 Å². The van der Waals surface area contributed by atoms with Crippen molar-refractivity contribution in [3.8, 4) is 0 Å². The van der Waals surface area contributed by atoms with Gasteiger partial charge in [0.05, 0.1) is 6.67 Å². The van der Waals surface area contributed by atoms with Crippen LogP contribution in [0.1, 0.15) is 6.42 Å². The lowest BCUT2D eigenvalue weighted by Crippen LogP contribution is -2.14.